The lowest BCUT2D eigenvalue weighted by atomic mass is 10.2. The second-order valence-corrected chi connectivity index (χ2v) is 9.85. The molecule has 3 heterocycles. The molecule has 0 unspecified atom stereocenters. The van der Waals surface area contributed by atoms with Crippen LogP contribution in [-0.4, -0.2) is 66.0 Å². The molecule has 4 aromatic rings. The molecular formula is C26H28N4O4S. The molecule has 0 aliphatic carbocycles. The van der Waals surface area contributed by atoms with Crippen molar-refractivity contribution in [1.29, 1.82) is 0 Å². The highest BCUT2D eigenvalue weighted by atomic mass is 32.1. The zero-order valence-electron chi connectivity index (χ0n) is 19.9. The number of nitrogens with one attached hydrogen (secondary N) is 2. The Morgan fingerprint density at radius 1 is 1.17 bits per heavy atom. The zero-order chi connectivity index (χ0) is 24.7. The highest BCUT2D eigenvalue weighted by molar-refractivity contribution is 7.21. The molecule has 5 rings (SSSR count). The number of methoxy groups -OCH3 is 1. The number of hydrogen-bond donors (Lipinski definition) is 3. The van der Waals surface area contributed by atoms with Gasteiger partial charge in [0.05, 0.1) is 39.5 Å². The van der Waals surface area contributed by atoms with Crippen molar-refractivity contribution >= 4 is 55.6 Å². The first-order valence-electron chi connectivity index (χ1n) is 11.5. The van der Waals surface area contributed by atoms with Crippen LogP contribution in [0.3, 0.4) is 0 Å². The number of benzene rings is 2. The Bertz CT molecular complexity index is 1430. The van der Waals surface area contributed by atoms with Crippen LogP contribution >= 0.6 is 11.3 Å². The van der Waals surface area contributed by atoms with Crippen molar-refractivity contribution in [3.05, 3.63) is 59.1 Å². The number of hydrogen-bond acceptors (Lipinski definition) is 6. The molecule has 1 saturated heterocycles. The van der Waals surface area contributed by atoms with Crippen LogP contribution in [0, 0.1) is 6.92 Å². The van der Waals surface area contributed by atoms with Crippen LogP contribution in [0.1, 0.15) is 21.8 Å². The summed E-state index contributed by atoms with van der Waals surface area (Å²) in [5.74, 6) is -0.0804. The fourth-order valence-corrected chi connectivity index (χ4v) is 5.93. The predicted molar refractivity (Wildman–Crippen MR) is 139 cm³/mol. The molecule has 9 heteroatoms. The Morgan fingerprint density at radius 3 is 2.74 bits per heavy atom. The summed E-state index contributed by atoms with van der Waals surface area (Å²) in [5.41, 5.74) is 3.50. The molecular weight excluding hydrogens is 464 g/mol. The number of aliphatic hydroxyl groups is 1. The van der Waals surface area contributed by atoms with Crippen molar-refractivity contribution < 1.29 is 19.4 Å². The lowest BCUT2D eigenvalue weighted by Crippen LogP contribution is -2.37. The average Bonchev–Trinajstić information content (AvgIpc) is 3.57. The van der Waals surface area contributed by atoms with E-state index in [1.165, 1.54) is 11.3 Å². The first kappa shape index (κ1) is 23.3. The van der Waals surface area contributed by atoms with Gasteiger partial charge in [0.25, 0.3) is 5.91 Å². The minimum absolute atomic E-state index is 0.0560. The Labute approximate surface area is 207 Å². The van der Waals surface area contributed by atoms with E-state index in [1.54, 1.807) is 23.6 Å². The third-order valence-corrected chi connectivity index (χ3v) is 7.79. The van der Waals surface area contributed by atoms with Crippen LogP contribution in [0.15, 0.2) is 48.5 Å². The fraction of sp³-hybridized carbons (Fsp3) is 0.308. The van der Waals surface area contributed by atoms with Gasteiger partial charge in [-0.1, -0.05) is 12.1 Å². The summed E-state index contributed by atoms with van der Waals surface area (Å²) in [7, 11) is 3.25. The number of nitrogens with zero attached hydrogens (tertiary/aromatic N) is 2. The summed E-state index contributed by atoms with van der Waals surface area (Å²) in [6.07, 6.45) is 0.583. The van der Waals surface area contributed by atoms with Crippen molar-refractivity contribution in [2.75, 3.05) is 32.6 Å². The maximum absolute atomic E-state index is 13.3. The van der Waals surface area contributed by atoms with Crippen molar-refractivity contribution in [2.24, 2.45) is 0 Å². The van der Waals surface area contributed by atoms with Crippen LogP contribution in [0.2, 0.25) is 0 Å². The summed E-state index contributed by atoms with van der Waals surface area (Å²) in [4.78, 5) is 27.9. The van der Waals surface area contributed by atoms with Gasteiger partial charge in [0, 0.05) is 37.5 Å². The molecule has 1 aliphatic heterocycles. The highest BCUT2D eigenvalue weighted by Gasteiger charge is 2.36. The molecule has 0 bridgehead atoms. The van der Waals surface area contributed by atoms with Crippen LogP contribution in [0.5, 0.6) is 0 Å². The van der Waals surface area contributed by atoms with Gasteiger partial charge in [-0.3, -0.25) is 9.36 Å². The molecule has 1 fully saturated rings. The van der Waals surface area contributed by atoms with E-state index in [-0.39, 0.29) is 30.7 Å². The number of carbonyl (C=O) groups is 2. The molecule has 2 amide bonds. The van der Waals surface area contributed by atoms with E-state index < -0.39 is 0 Å². The van der Waals surface area contributed by atoms with Gasteiger partial charge < -0.3 is 25.4 Å². The first-order valence-corrected chi connectivity index (χ1v) is 12.3. The molecule has 35 heavy (non-hydrogen) atoms. The maximum Gasteiger partial charge on any atom is 0.325 e. The number of ether oxygens (including phenoxy) is 1. The lowest BCUT2D eigenvalue weighted by molar-refractivity contribution is 0.0652. The van der Waals surface area contributed by atoms with E-state index in [1.807, 2.05) is 55.5 Å². The normalized spacial score (nSPS) is 17.9. The van der Waals surface area contributed by atoms with Gasteiger partial charge in [-0.05, 0) is 55.1 Å². The van der Waals surface area contributed by atoms with Crippen molar-refractivity contribution in [3.8, 4) is 0 Å². The number of thiophene rings is 1. The van der Waals surface area contributed by atoms with Crippen molar-refractivity contribution in [2.45, 2.75) is 25.5 Å². The van der Waals surface area contributed by atoms with Gasteiger partial charge in [0.15, 0.2) is 0 Å². The van der Waals surface area contributed by atoms with Crippen molar-refractivity contribution in [1.82, 2.24) is 14.8 Å². The minimum Gasteiger partial charge on any atom is -0.394 e. The number of fused-ring (bicyclic) bond motifs is 2. The van der Waals surface area contributed by atoms with E-state index in [9.17, 15) is 14.7 Å². The van der Waals surface area contributed by atoms with Crippen LogP contribution in [-0.2, 0) is 4.74 Å². The van der Waals surface area contributed by atoms with E-state index >= 15 is 0 Å². The molecule has 0 spiro atoms. The molecule has 2 atom stereocenters. The van der Waals surface area contributed by atoms with Gasteiger partial charge in [-0.2, -0.15) is 0 Å². The summed E-state index contributed by atoms with van der Waals surface area (Å²) < 4.78 is 8.07. The topological polar surface area (TPSA) is 95.8 Å². The quantitative estimate of drug-likeness (QED) is 0.386. The SMILES string of the molecule is CNC(=O)n1c(C)cc2cc(Nc3cccc4cc(C(=O)N5C[C@H](OC)C[C@H]5CO)sc34)ccc21. The Morgan fingerprint density at radius 2 is 2.00 bits per heavy atom. The fourth-order valence-electron chi connectivity index (χ4n) is 4.84. The van der Waals surface area contributed by atoms with Gasteiger partial charge in [0.1, 0.15) is 0 Å². The van der Waals surface area contributed by atoms with Gasteiger partial charge in [0.2, 0.25) is 0 Å². The number of anilines is 2. The Hall–Kier alpha value is -3.40. The molecule has 2 aromatic carbocycles. The number of aryl methyl sites for hydroxylation is 1. The van der Waals surface area contributed by atoms with Gasteiger partial charge in [-0.15, -0.1) is 11.3 Å². The summed E-state index contributed by atoms with van der Waals surface area (Å²) in [6.45, 7) is 2.31. The second-order valence-electron chi connectivity index (χ2n) is 8.80. The molecule has 182 valence electrons. The molecule has 1 aliphatic rings. The third-order valence-electron chi connectivity index (χ3n) is 6.62. The molecule has 2 aromatic heterocycles. The standard InChI is InChI=1S/C26H28N4O4S/c1-15-9-17-10-18(7-8-22(17)30(15)26(33)27-2)28-21-6-4-5-16-11-23(35-24(16)21)25(32)29-13-20(34-3)12-19(29)14-31/h4-11,19-20,28,31H,12-14H2,1-3H3,(H,27,33)/t19-,20+/m0/s1. The van der Waals surface area contributed by atoms with E-state index in [0.717, 1.165) is 38.1 Å². The average molecular weight is 493 g/mol. The van der Waals surface area contributed by atoms with E-state index in [2.05, 4.69) is 10.6 Å². The zero-order valence-corrected chi connectivity index (χ0v) is 20.7. The number of amides is 2. The minimum atomic E-state index is -0.229. The van der Waals surface area contributed by atoms with Crippen molar-refractivity contribution in [3.63, 3.8) is 0 Å². The number of carbonyl (C=O) groups excluding carboxylic acids is 2. The number of likely N-dealkylation sites (tertiary alicyclic amines) is 1. The Balaban J connectivity index is 1.44. The maximum atomic E-state index is 13.3. The molecule has 0 radical (unpaired) electrons. The van der Waals surface area contributed by atoms with Crippen LogP contribution < -0.4 is 10.6 Å². The summed E-state index contributed by atoms with van der Waals surface area (Å²) >= 11 is 1.44. The second kappa shape index (κ2) is 9.33. The van der Waals surface area contributed by atoms with Gasteiger partial charge >= 0.3 is 6.03 Å². The van der Waals surface area contributed by atoms with Crippen LogP contribution in [0.25, 0.3) is 21.0 Å². The number of rotatable bonds is 5. The third kappa shape index (κ3) is 4.16. The van der Waals surface area contributed by atoms with E-state index in [0.29, 0.717) is 17.8 Å². The number of aliphatic hydroxyl groups excluding tert-OH is 1. The van der Waals surface area contributed by atoms with Crippen LogP contribution in [0.4, 0.5) is 16.2 Å². The summed E-state index contributed by atoms with van der Waals surface area (Å²) in [5, 5.41) is 17.9. The highest BCUT2D eigenvalue weighted by Crippen LogP contribution is 2.36. The number of aromatic nitrogens is 1. The Kier molecular flexibility index (Phi) is 6.22. The summed E-state index contributed by atoms with van der Waals surface area (Å²) in [6, 6.07) is 15.3. The molecule has 0 saturated carbocycles. The smallest absolute Gasteiger partial charge is 0.325 e. The predicted octanol–water partition coefficient (Wildman–Crippen LogP) is 4.32. The largest absolute Gasteiger partial charge is 0.394 e. The van der Waals surface area contributed by atoms with Gasteiger partial charge in [-0.25, -0.2) is 4.79 Å². The van der Waals surface area contributed by atoms with E-state index in [4.69, 9.17) is 4.74 Å². The molecule has 3 N–H and O–H groups in total. The molecule has 8 nitrogen and oxygen atoms in total. The monoisotopic (exact) mass is 492 g/mol. The first-order chi connectivity index (χ1) is 16.9. The lowest BCUT2D eigenvalue weighted by Gasteiger charge is -2.21.